The Morgan fingerprint density at radius 3 is 2.46 bits per heavy atom. The van der Waals surface area contributed by atoms with Gasteiger partial charge < -0.3 is 10.2 Å². The van der Waals surface area contributed by atoms with E-state index in [1.165, 1.54) is 0 Å². The van der Waals surface area contributed by atoms with E-state index in [4.69, 9.17) is 10.2 Å². The molecule has 13 heavy (non-hydrogen) atoms. The van der Waals surface area contributed by atoms with Gasteiger partial charge in [0.1, 0.15) is 0 Å². The highest BCUT2D eigenvalue weighted by molar-refractivity contribution is 5.67. The van der Waals surface area contributed by atoms with Gasteiger partial charge in [0.15, 0.2) is 0 Å². The third-order valence-corrected chi connectivity index (χ3v) is 2.65. The molecule has 0 aromatic rings. The number of aliphatic carboxylic acids is 1. The lowest BCUT2D eigenvalue weighted by molar-refractivity contribution is -0.138. The summed E-state index contributed by atoms with van der Waals surface area (Å²) in [4.78, 5) is 10.5. The van der Waals surface area contributed by atoms with Gasteiger partial charge in [0.25, 0.3) is 0 Å². The SMILES string of the molecule is O=C(O)CC1CC=CCC1CCO. The van der Waals surface area contributed by atoms with Crippen molar-refractivity contribution in [3.8, 4) is 0 Å². The molecule has 0 saturated carbocycles. The van der Waals surface area contributed by atoms with E-state index >= 15 is 0 Å². The number of carboxylic acids is 1. The van der Waals surface area contributed by atoms with Crippen LogP contribution >= 0.6 is 0 Å². The maximum atomic E-state index is 10.5. The highest BCUT2D eigenvalue weighted by atomic mass is 16.4. The number of carbonyl (C=O) groups is 1. The second-order valence-electron chi connectivity index (χ2n) is 3.57. The summed E-state index contributed by atoms with van der Waals surface area (Å²) in [6.07, 6.45) is 6.84. The summed E-state index contributed by atoms with van der Waals surface area (Å²) in [5.74, 6) is -0.163. The van der Waals surface area contributed by atoms with Crippen LogP contribution in [0.4, 0.5) is 0 Å². The Morgan fingerprint density at radius 1 is 1.31 bits per heavy atom. The Morgan fingerprint density at radius 2 is 1.92 bits per heavy atom. The summed E-state index contributed by atoms with van der Waals surface area (Å²) in [5, 5.41) is 17.5. The molecule has 0 fully saturated rings. The normalized spacial score (nSPS) is 27.5. The number of carboxylic acid groups (broad SMARTS) is 1. The highest BCUT2D eigenvalue weighted by Gasteiger charge is 2.23. The molecule has 0 bridgehead atoms. The molecule has 0 heterocycles. The van der Waals surface area contributed by atoms with Gasteiger partial charge in [-0.15, -0.1) is 0 Å². The molecule has 0 aromatic heterocycles. The van der Waals surface area contributed by atoms with Crippen molar-refractivity contribution < 1.29 is 15.0 Å². The maximum absolute atomic E-state index is 10.5. The second kappa shape index (κ2) is 5.02. The molecule has 0 aromatic carbocycles. The van der Waals surface area contributed by atoms with Crippen LogP contribution in [0, 0.1) is 11.8 Å². The largest absolute Gasteiger partial charge is 0.481 e. The average molecular weight is 184 g/mol. The van der Waals surface area contributed by atoms with E-state index in [9.17, 15) is 4.79 Å². The molecule has 0 radical (unpaired) electrons. The summed E-state index contributed by atoms with van der Waals surface area (Å²) in [6, 6.07) is 0. The zero-order valence-electron chi connectivity index (χ0n) is 7.65. The van der Waals surface area contributed by atoms with E-state index in [-0.39, 0.29) is 18.9 Å². The summed E-state index contributed by atoms with van der Waals surface area (Å²) in [5.41, 5.74) is 0. The minimum atomic E-state index is -0.733. The van der Waals surface area contributed by atoms with Crippen molar-refractivity contribution in [1.82, 2.24) is 0 Å². The molecule has 2 atom stereocenters. The fourth-order valence-electron chi connectivity index (χ4n) is 1.92. The van der Waals surface area contributed by atoms with Crippen LogP contribution in [0.3, 0.4) is 0 Å². The van der Waals surface area contributed by atoms with Crippen LogP contribution in [0.1, 0.15) is 25.7 Å². The first-order chi connectivity index (χ1) is 6.24. The first-order valence-corrected chi connectivity index (χ1v) is 4.71. The van der Waals surface area contributed by atoms with Crippen LogP contribution in [-0.2, 0) is 4.79 Å². The van der Waals surface area contributed by atoms with Crippen LogP contribution in [0.15, 0.2) is 12.2 Å². The fourth-order valence-corrected chi connectivity index (χ4v) is 1.92. The van der Waals surface area contributed by atoms with Gasteiger partial charge in [0.05, 0.1) is 0 Å². The van der Waals surface area contributed by atoms with Gasteiger partial charge in [-0.05, 0) is 31.1 Å². The topological polar surface area (TPSA) is 57.5 Å². The summed E-state index contributed by atoms with van der Waals surface area (Å²) >= 11 is 0. The second-order valence-corrected chi connectivity index (χ2v) is 3.57. The van der Waals surface area contributed by atoms with Crippen molar-refractivity contribution in [3.05, 3.63) is 12.2 Å². The van der Waals surface area contributed by atoms with Gasteiger partial charge >= 0.3 is 5.97 Å². The van der Waals surface area contributed by atoms with Crippen LogP contribution in [0.5, 0.6) is 0 Å². The van der Waals surface area contributed by atoms with E-state index in [1.807, 2.05) is 6.08 Å². The van der Waals surface area contributed by atoms with Crippen molar-refractivity contribution in [2.75, 3.05) is 6.61 Å². The molecule has 3 heteroatoms. The molecule has 0 amide bonds. The van der Waals surface area contributed by atoms with Crippen LogP contribution in [-0.4, -0.2) is 22.8 Å². The maximum Gasteiger partial charge on any atom is 0.303 e. The van der Waals surface area contributed by atoms with Crippen molar-refractivity contribution >= 4 is 5.97 Å². The quantitative estimate of drug-likeness (QED) is 0.650. The summed E-state index contributed by atoms with van der Waals surface area (Å²) < 4.78 is 0. The van der Waals surface area contributed by atoms with Crippen molar-refractivity contribution in [3.63, 3.8) is 0 Å². The lowest BCUT2D eigenvalue weighted by Crippen LogP contribution is -2.21. The Labute approximate surface area is 78.1 Å². The Hall–Kier alpha value is -0.830. The van der Waals surface area contributed by atoms with Gasteiger partial charge in [-0.3, -0.25) is 4.79 Å². The van der Waals surface area contributed by atoms with Crippen molar-refractivity contribution in [2.24, 2.45) is 11.8 Å². The van der Waals surface area contributed by atoms with E-state index in [0.717, 1.165) is 19.3 Å². The van der Waals surface area contributed by atoms with E-state index in [1.54, 1.807) is 0 Å². The van der Waals surface area contributed by atoms with Gasteiger partial charge in [-0.2, -0.15) is 0 Å². The molecule has 1 rings (SSSR count). The van der Waals surface area contributed by atoms with Gasteiger partial charge in [-0.25, -0.2) is 0 Å². The summed E-state index contributed by atoms with van der Waals surface area (Å²) in [7, 11) is 0. The first-order valence-electron chi connectivity index (χ1n) is 4.71. The van der Waals surface area contributed by atoms with Crippen LogP contribution in [0.25, 0.3) is 0 Å². The fraction of sp³-hybridized carbons (Fsp3) is 0.700. The van der Waals surface area contributed by atoms with Crippen molar-refractivity contribution in [2.45, 2.75) is 25.7 Å². The molecule has 0 aliphatic heterocycles. The number of rotatable bonds is 4. The predicted octanol–water partition coefficient (Wildman–Crippen LogP) is 1.43. The van der Waals surface area contributed by atoms with E-state index < -0.39 is 5.97 Å². The third-order valence-electron chi connectivity index (χ3n) is 2.65. The van der Waals surface area contributed by atoms with Crippen LogP contribution < -0.4 is 0 Å². The average Bonchev–Trinajstić information content (AvgIpc) is 2.08. The van der Waals surface area contributed by atoms with Crippen LogP contribution in [0.2, 0.25) is 0 Å². The molecule has 74 valence electrons. The molecular formula is C10H16O3. The molecule has 2 N–H and O–H groups in total. The summed E-state index contributed by atoms with van der Waals surface area (Å²) in [6.45, 7) is 0.161. The number of aliphatic hydroxyl groups excluding tert-OH is 1. The van der Waals surface area contributed by atoms with Crippen molar-refractivity contribution in [1.29, 1.82) is 0 Å². The third kappa shape index (κ3) is 3.19. The van der Waals surface area contributed by atoms with Gasteiger partial charge in [0.2, 0.25) is 0 Å². The smallest absolute Gasteiger partial charge is 0.303 e. The van der Waals surface area contributed by atoms with Gasteiger partial charge in [0, 0.05) is 13.0 Å². The number of allylic oxidation sites excluding steroid dienone is 2. The van der Waals surface area contributed by atoms with E-state index in [2.05, 4.69) is 6.08 Å². The lowest BCUT2D eigenvalue weighted by atomic mass is 9.79. The first kappa shape index (κ1) is 10.3. The number of hydrogen-bond acceptors (Lipinski definition) is 2. The predicted molar refractivity (Wildman–Crippen MR) is 49.3 cm³/mol. The standard InChI is InChI=1S/C10H16O3/c11-6-5-8-3-1-2-4-9(8)7-10(12)13/h1-2,8-9,11H,3-7H2,(H,12,13). The Balaban J connectivity index is 2.47. The molecule has 1 aliphatic rings. The Kier molecular flexibility index (Phi) is 3.96. The number of aliphatic hydroxyl groups is 1. The molecule has 3 nitrogen and oxygen atoms in total. The zero-order valence-corrected chi connectivity index (χ0v) is 7.65. The monoisotopic (exact) mass is 184 g/mol. The Bertz CT molecular complexity index is 198. The zero-order chi connectivity index (χ0) is 9.68. The van der Waals surface area contributed by atoms with Gasteiger partial charge in [-0.1, -0.05) is 12.2 Å². The minimum absolute atomic E-state index is 0.161. The highest BCUT2D eigenvalue weighted by Crippen LogP contribution is 2.30. The molecular weight excluding hydrogens is 168 g/mol. The minimum Gasteiger partial charge on any atom is -0.481 e. The van der Waals surface area contributed by atoms with E-state index in [0.29, 0.717) is 5.92 Å². The molecule has 2 unspecified atom stereocenters. The lowest BCUT2D eigenvalue weighted by Gasteiger charge is -2.26. The molecule has 0 spiro atoms. The molecule has 1 aliphatic carbocycles. The number of hydrogen-bond donors (Lipinski definition) is 2. The molecule has 0 saturated heterocycles.